The Labute approximate surface area is 166 Å². The van der Waals surface area contributed by atoms with Crippen molar-refractivity contribution in [2.24, 2.45) is 5.41 Å². The third-order valence-corrected chi connectivity index (χ3v) is 3.86. The summed E-state index contributed by atoms with van der Waals surface area (Å²) in [5.41, 5.74) is 21.1. The SMILES string of the molecule is Nc1nc(N)nc(CCOCC(CO)(CO)COCCc2nc(N)nc(N)n2)n1. The zero-order valence-electron chi connectivity index (χ0n) is 15.9. The van der Waals surface area contributed by atoms with E-state index in [-0.39, 0.29) is 63.4 Å². The fourth-order valence-electron chi connectivity index (χ4n) is 2.32. The molecular weight excluding hydrogens is 384 g/mol. The highest BCUT2D eigenvalue weighted by Crippen LogP contribution is 2.17. The van der Waals surface area contributed by atoms with Gasteiger partial charge in [-0.3, -0.25) is 0 Å². The van der Waals surface area contributed by atoms with Crippen molar-refractivity contribution in [1.29, 1.82) is 0 Å². The van der Waals surface area contributed by atoms with Gasteiger partial charge < -0.3 is 42.6 Å². The zero-order chi connectivity index (χ0) is 21.3. The molecule has 160 valence electrons. The molecule has 0 aliphatic rings. The molecule has 14 heteroatoms. The molecule has 0 bridgehead atoms. The Morgan fingerprint density at radius 3 is 1.28 bits per heavy atom. The van der Waals surface area contributed by atoms with Crippen LogP contribution in [-0.4, -0.2) is 79.8 Å². The van der Waals surface area contributed by atoms with E-state index >= 15 is 0 Å². The largest absolute Gasteiger partial charge is 0.396 e. The van der Waals surface area contributed by atoms with Crippen molar-refractivity contribution < 1.29 is 19.7 Å². The molecular formula is C15H26N10O4. The Morgan fingerprint density at radius 2 is 0.966 bits per heavy atom. The van der Waals surface area contributed by atoms with Gasteiger partial charge in [-0.25, -0.2) is 0 Å². The first-order chi connectivity index (χ1) is 13.9. The van der Waals surface area contributed by atoms with Gasteiger partial charge in [0.25, 0.3) is 0 Å². The summed E-state index contributed by atoms with van der Waals surface area (Å²) in [4.78, 5) is 23.2. The predicted molar refractivity (Wildman–Crippen MR) is 103 cm³/mol. The van der Waals surface area contributed by atoms with Gasteiger partial charge in [-0.2, -0.15) is 29.9 Å². The van der Waals surface area contributed by atoms with Crippen LogP contribution in [0.25, 0.3) is 0 Å². The van der Waals surface area contributed by atoms with Crippen molar-refractivity contribution in [3.8, 4) is 0 Å². The molecule has 0 aliphatic carbocycles. The van der Waals surface area contributed by atoms with Crippen molar-refractivity contribution in [1.82, 2.24) is 29.9 Å². The molecule has 0 aromatic carbocycles. The summed E-state index contributed by atoms with van der Waals surface area (Å²) in [6.45, 7) is -0.0902. The number of aliphatic hydroxyl groups excluding tert-OH is 2. The van der Waals surface area contributed by atoms with Gasteiger partial charge in [-0.15, -0.1) is 0 Å². The summed E-state index contributed by atoms with van der Waals surface area (Å²) in [6, 6.07) is 0. The molecule has 10 N–H and O–H groups in total. The highest BCUT2D eigenvalue weighted by molar-refractivity contribution is 5.26. The lowest BCUT2D eigenvalue weighted by Crippen LogP contribution is -2.40. The average Bonchev–Trinajstić information content (AvgIpc) is 2.65. The van der Waals surface area contributed by atoms with Crippen molar-refractivity contribution >= 4 is 23.8 Å². The van der Waals surface area contributed by atoms with Crippen LogP contribution in [0.15, 0.2) is 0 Å². The first-order valence-corrected chi connectivity index (χ1v) is 8.75. The second kappa shape index (κ2) is 10.6. The molecule has 0 saturated heterocycles. The maximum absolute atomic E-state index is 9.70. The number of hydrogen-bond acceptors (Lipinski definition) is 14. The normalized spacial score (nSPS) is 11.7. The molecule has 0 spiro atoms. The van der Waals surface area contributed by atoms with Crippen molar-refractivity contribution in [2.45, 2.75) is 12.8 Å². The molecule has 0 aliphatic heterocycles. The number of nitrogens with zero attached hydrogens (tertiary/aromatic N) is 6. The van der Waals surface area contributed by atoms with Gasteiger partial charge in [0.05, 0.1) is 45.1 Å². The molecule has 29 heavy (non-hydrogen) atoms. The minimum absolute atomic E-state index is 0.0302. The Morgan fingerprint density at radius 1 is 0.621 bits per heavy atom. The molecule has 0 unspecified atom stereocenters. The molecule has 0 fully saturated rings. The monoisotopic (exact) mass is 410 g/mol. The Hall–Kier alpha value is -2.94. The highest BCUT2D eigenvalue weighted by Gasteiger charge is 2.30. The van der Waals surface area contributed by atoms with Crippen LogP contribution < -0.4 is 22.9 Å². The van der Waals surface area contributed by atoms with Crippen molar-refractivity contribution in [2.75, 3.05) is 62.6 Å². The topological polar surface area (TPSA) is 240 Å². The van der Waals surface area contributed by atoms with Crippen LogP contribution in [0.1, 0.15) is 11.6 Å². The fraction of sp³-hybridized carbons (Fsp3) is 0.600. The number of aliphatic hydroxyl groups is 2. The first kappa shape index (κ1) is 22.4. The van der Waals surface area contributed by atoms with Gasteiger partial charge in [0.1, 0.15) is 11.6 Å². The first-order valence-electron chi connectivity index (χ1n) is 8.75. The van der Waals surface area contributed by atoms with Crippen molar-refractivity contribution in [3.63, 3.8) is 0 Å². The quantitative estimate of drug-likeness (QED) is 0.193. The van der Waals surface area contributed by atoms with E-state index in [1.165, 1.54) is 0 Å². The summed E-state index contributed by atoms with van der Waals surface area (Å²) in [7, 11) is 0. The minimum atomic E-state index is -0.978. The van der Waals surface area contributed by atoms with Crippen LogP contribution in [-0.2, 0) is 22.3 Å². The Bertz CT molecular complexity index is 688. The van der Waals surface area contributed by atoms with Gasteiger partial charge in [0.15, 0.2) is 0 Å². The third-order valence-electron chi connectivity index (χ3n) is 3.86. The van der Waals surface area contributed by atoms with E-state index in [0.29, 0.717) is 24.5 Å². The molecule has 0 atom stereocenters. The minimum Gasteiger partial charge on any atom is -0.396 e. The number of ether oxygens (including phenoxy) is 2. The van der Waals surface area contributed by atoms with E-state index in [1.807, 2.05) is 0 Å². The van der Waals surface area contributed by atoms with Gasteiger partial charge >= 0.3 is 0 Å². The lowest BCUT2D eigenvalue weighted by Gasteiger charge is -2.29. The van der Waals surface area contributed by atoms with E-state index in [9.17, 15) is 10.2 Å². The molecule has 2 heterocycles. The molecule has 0 amide bonds. The smallest absolute Gasteiger partial charge is 0.225 e. The number of nitrogens with two attached hydrogens (primary N) is 4. The number of nitrogen functional groups attached to an aromatic ring is 4. The average molecular weight is 410 g/mol. The van der Waals surface area contributed by atoms with E-state index in [1.54, 1.807) is 0 Å². The molecule has 0 radical (unpaired) electrons. The van der Waals surface area contributed by atoms with Crippen LogP contribution in [0.4, 0.5) is 23.8 Å². The summed E-state index contributed by atoms with van der Waals surface area (Å²) >= 11 is 0. The van der Waals surface area contributed by atoms with Crippen LogP contribution >= 0.6 is 0 Å². The van der Waals surface area contributed by atoms with Gasteiger partial charge in [-0.05, 0) is 0 Å². The third kappa shape index (κ3) is 7.19. The summed E-state index contributed by atoms with van der Waals surface area (Å²) < 4.78 is 11.1. The molecule has 2 aromatic rings. The van der Waals surface area contributed by atoms with Gasteiger partial charge in [0.2, 0.25) is 23.8 Å². The van der Waals surface area contributed by atoms with E-state index in [4.69, 9.17) is 32.4 Å². The summed E-state index contributed by atoms with van der Waals surface area (Å²) in [6.07, 6.45) is 0.680. The number of aromatic nitrogens is 6. The Balaban J connectivity index is 1.77. The number of anilines is 4. The van der Waals surface area contributed by atoms with Crippen LogP contribution in [0, 0.1) is 5.41 Å². The lowest BCUT2D eigenvalue weighted by molar-refractivity contribution is -0.0762. The van der Waals surface area contributed by atoms with E-state index in [0.717, 1.165) is 0 Å². The van der Waals surface area contributed by atoms with Crippen LogP contribution in [0.2, 0.25) is 0 Å². The predicted octanol–water partition coefficient (Wildman–Crippen LogP) is -2.83. The van der Waals surface area contributed by atoms with Gasteiger partial charge in [0, 0.05) is 12.8 Å². The number of hydrogen-bond donors (Lipinski definition) is 6. The summed E-state index contributed by atoms with van der Waals surface area (Å²) in [5.74, 6) is 0.900. The highest BCUT2D eigenvalue weighted by atomic mass is 16.5. The molecule has 2 aromatic heterocycles. The summed E-state index contributed by atoms with van der Waals surface area (Å²) in [5, 5.41) is 19.4. The Kier molecular flexibility index (Phi) is 8.14. The zero-order valence-corrected chi connectivity index (χ0v) is 15.9. The lowest BCUT2D eigenvalue weighted by atomic mass is 9.92. The molecule has 14 nitrogen and oxygen atoms in total. The van der Waals surface area contributed by atoms with Gasteiger partial charge in [-0.1, -0.05) is 0 Å². The van der Waals surface area contributed by atoms with Crippen LogP contribution in [0.5, 0.6) is 0 Å². The standard InChI is InChI=1S/C15H26N10O4/c16-11-20-9(21-12(17)24-11)1-3-28-7-15(5-26,6-27)8-29-4-2-10-22-13(18)25-14(19)23-10/h26-27H,1-8H2,(H4,16,17,20,21,24)(H4,18,19,22,23,25). The van der Waals surface area contributed by atoms with Crippen LogP contribution in [0.3, 0.4) is 0 Å². The maximum Gasteiger partial charge on any atom is 0.225 e. The van der Waals surface area contributed by atoms with E-state index in [2.05, 4.69) is 29.9 Å². The second-order valence-electron chi connectivity index (χ2n) is 6.36. The maximum atomic E-state index is 9.70. The number of rotatable bonds is 12. The second-order valence-corrected chi connectivity index (χ2v) is 6.36. The molecule has 0 saturated carbocycles. The van der Waals surface area contributed by atoms with E-state index < -0.39 is 5.41 Å². The molecule has 2 rings (SSSR count). The fourth-order valence-corrected chi connectivity index (χ4v) is 2.32. The van der Waals surface area contributed by atoms with Crippen molar-refractivity contribution in [3.05, 3.63) is 11.6 Å².